The lowest BCUT2D eigenvalue weighted by molar-refractivity contribution is -0.149. The van der Waals surface area contributed by atoms with E-state index in [1.165, 1.54) is 12.5 Å². The number of amides is 1. The second kappa shape index (κ2) is 10.3. The summed E-state index contributed by atoms with van der Waals surface area (Å²) in [7, 11) is 0. The van der Waals surface area contributed by atoms with Crippen LogP contribution in [0.1, 0.15) is 37.7 Å². The van der Waals surface area contributed by atoms with Crippen LogP contribution in [-0.2, 0) is 14.3 Å². The van der Waals surface area contributed by atoms with E-state index in [9.17, 15) is 14.4 Å². The van der Waals surface area contributed by atoms with E-state index >= 15 is 0 Å². The van der Waals surface area contributed by atoms with E-state index in [2.05, 4.69) is 0 Å². The van der Waals surface area contributed by atoms with Gasteiger partial charge in [0.05, 0.1) is 0 Å². The monoisotopic (exact) mass is 449 g/mol. The van der Waals surface area contributed by atoms with Gasteiger partial charge in [0.15, 0.2) is 13.2 Å². The summed E-state index contributed by atoms with van der Waals surface area (Å²) >= 11 is 0. The molecule has 1 amide bonds. The molecule has 1 fully saturated rings. The standard InChI is InChI=1S/C26H27NO6/c1-18-14-25(29)33-23-15-21(12-13-22(18)23)31-17-26(30)32-16-24(28)27(19-8-4-2-5-9-19)20-10-6-3-7-11-20/h2,4-5,8-9,12-15,20H,3,6-7,10-11,16-17H2,1H3. The molecule has 2 aromatic carbocycles. The summed E-state index contributed by atoms with van der Waals surface area (Å²) in [6.07, 6.45) is 5.22. The van der Waals surface area contributed by atoms with Gasteiger partial charge in [0.1, 0.15) is 11.3 Å². The summed E-state index contributed by atoms with van der Waals surface area (Å²) in [4.78, 5) is 38.6. The van der Waals surface area contributed by atoms with Crippen molar-refractivity contribution in [2.45, 2.75) is 45.1 Å². The van der Waals surface area contributed by atoms with Crippen molar-refractivity contribution < 1.29 is 23.5 Å². The van der Waals surface area contributed by atoms with Crippen molar-refractivity contribution in [3.8, 4) is 5.75 Å². The minimum Gasteiger partial charge on any atom is -0.482 e. The van der Waals surface area contributed by atoms with Crippen LogP contribution in [0.2, 0.25) is 0 Å². The first-order valence-electron chi connectivity index (χ1n) is 11.2. The van der Waals surface area contributed by atoms with Crippen molar-refractivity contribution in [2.24, 2.45) is 0 Å². The van der Waals surface area contributed by atoms with Gasteiger partial charge in [0.25, 0.3) is 5.91 Å². The Morgan fingerprint density at radius 2 is 1.76 bits per heavy atom. The zero-order valence-corrected chi connectivity index (χ0v) is 18.6. The Hall–Kier alpha value is -3.61. The molecule has 172 valence electrons. The molecule has 33 heavy (non-hydrogen) atoms. The summed E-state index contributed by atoms with van der Waals surface area (Å²) in [6, 6.07) is 16.0. The van der Waals surface area contributed by atoms with Gasteiger partial charge in [-0.2, -0.15) is 0 Å². The predicted molar refractivity (Wildman–Crippen MR) is 124 cm³/mol. The normalized spacial score (nSPS) is 14.1. The largest absolute Gasteiger partial charge is 0.482 e. The molecule has 0 unspecified atom stereocenters. The van der Waals surface area contributed by atoms with Crippen LogP contribution in [0.5, 0.6) is 5.75 Å². The second-order valence-electron chi connectivity index (χ2n) is 8.25. The summed E-state index contributed by atoms with van der Waals surface area (Å²) in [5.74, 6) is -0.525. The third-order valence-electron chi connectivity index (χ3n) is 5.88. The van der Waals surface area contributed by atoms with Gasteiger partial charge in [-0.25, -0.2) is 9.59 Å². The third kappa shape index (κ3) is 5.61. The molecule has 0 atom stereocenters. The maximum atomic E-state index is 13.0. The van der Waals surface area contributed by atoms with E-state index < -0.39 is 11.6 Å². The quantitative estimate of drug-likeness (QED) is 0.393. The summed E-state index contributed by atoms with van der Waals surface area (Å²) < 4.78 is 15.9. The molecule has 3 aromatic rings. The number of nitrogens with zero attached hydrogens (tertiary/aromatic N) is 1. The maximum Gasteiger partial charge on any atom is 0.344 e. The Morgan fingerprint density at radius 3 is 2.52 bits per heavy atom. The highest BCUT2D eigenvalue weighted by atomic mass is 16.6. The SMILES string of the molecule is Cc1cc(=O)oc2cc(OCC(=O)OCC(=O)N(c3ccccc3)C3CCCCC3)ccc12. The molecular weight excluding hydrogens is 422 g/mol. The van der Waals surface area contributed by atoms with Crippen molar-refractivity contribution in [1.82, 2.24) is 0 Å². The lowest BCUT2D eigenvalue weighted by Crippen LogP contribution is -2.44. The smallest absolute Gasteiger partial charge is 0.344 e. The Morgan fingerprint density at radius 1 is 1.00 bits per heavy atom. The number of fused-ring (bicyclic) bond motifs is 1. The van der Waals surface area contributed by atoms with Crippen molar-refractivity contribution in [3.05, 3.63) is 70.6 Å². The number of carbonyl (C=O) groups is 2. The first-order valence-corrected chi connectivity index (χ1v) is 11.2. The summed E-state index contributed by atoms with van der Waals surface area (Å²) in [6.45, 7) is 1.11. The summed E-state index contributed by atoms with van der Waals surface area (Å²) in [5, 5.41) is 0.791. The number of benzene rings is 2. The van der Waals surface area contributed by atoms with Crippen LogP contribution in [0.4, 0.5) is 5.69 Å². The highest BCUT2D eigenvalue weighted by Gasteiger charge is 2.27. The van der Waals surface area contributed by atoms with Gasteiger partial charge in [-0.15, -0.1) is 0 Å². The maximum absolute atomic E-state index is 13.0. The molecule has 4 rings (SSSR count). The molecule has 7 heteroatoms. The minimum atomic E-state index is -0.647. The van der Waals surface area contributed by atoms with E-state index in [0.717, 1.165) is 42.3 Å². The number of hydrogen-bond donors (Lipinski definition) is 0. The zero-order valence-electron chi connectivity index (χ0n) is 18.6. The number of aryl methyl sites for hydroxylation is 1. The Balaban J connectivity index is 1.35. The molecule has 0 saturated heterocycles. The van der Waals surface area contributed by atoms with Gasteiger partial charge in [-0.1, -0.05) is 37.5 Å². The van der Waals surface area contributed by atoms with Crippen molar-refractivity contribution in [3.63, 3.8) is 0 Å². The Bertz CT molecular complexity index is 1180. The molecule has 1 heterocycles. The fraction of sp³-hybridized carbons (Fsp3) is 0.346. The van der Waals surface area contributed by atoms with E-state index in [0.29, 0.717) is 11.3 Å². The molecule has 1 aliphatic rings. The van der Waals surface area contributed by atoms with E-state index in [1.54, 1.807) is 23.1 Å². The summed E-state index contributed by atoms with van der Waals surface area (Å²) in [5.41, 5.74) is 1.55. The number of rotatable bonds is 7. The van der Waals surface area contributed by atoms with Gasteiger partial charge in [0, 0.05) is 29.2 Å². The number of ether oxygens (including phenoxy) is 2. The predicted octanol–water partition coefficient (Wildman–Crippen LogP) is 4.39. The van der Waals surface area contributed by atoms with Crippen LogP contribution in [0.3, 0.4) is 0 Å². The van der Waals surface area contributed by atoms with Gasteiger partial charge in [0.2, 0.25) is 0 Å². The number of hydrogen-bond acceptors (Lipinski definition) is 6. The molecule has 0 N–H and O–H groups in total. The van der Waals surface area contributed by atoms with Gasteiger partial charge < -0.3 is 18.8 Å². The highest BCUT2D eigenvalue weighted by Crippen LogP contribution is 2.27. The molecule has 0 aliphatic heterocycles. The van der Waals surface area contributed by atoms with Crippen LogP contribution in [-0.4, -0.2) is 31.1 Å². The topological polar surface area (TPSA) is 86.0 Å². The second-order valence-corrected chi connectivity index (χ2v) is 8.25. The van der Waals surface area contributed by atoms with Crippen molar-refractivity contribution >= 4 is 28.5 Å². The van der Waals surface area contributed by atoms with Gasteiger partial charge in [-0.3, -0.25) is 4.79 Å². The Kier molecular flexibility index (Phi) is 7.07. The molecule has 1 saturated carbocycles. The van der Waals surface area contributed by atoms with Crippen molar-refractivity contribution in [1.29, 1.82) is 0 Å². The lowest BCUT2D eigenvalue weighted by atomic mass is 9.93. The molecular formula is C26H27NO6. The van der Waals surface area contributed by atoms with Gasteiger partial charge >= 0.3 is 11.6 Å². The van der Waals surface area contributed by atoms with Crippen molar-refractivity contribution in [2.75, 3.05) is 18.1 Å². The number of para-hydroxylation sites is 1. The van der Waals surface area contributed by atoms with E-state index in [4.69, 9.17) is 13.9 Å². The molecule has 1 aliphatic carbocycles. The minimum absolute atomic E-state index is 0.110. The first kappa shape index (κ1) is 22.6. The van der Waals surface area contributed by atoms with Crippen LogP contribution >= 0.6 is 0 Å². The number of anilines is 1. The van der Waals surface area contributed by atoms with Crippen LogP contribution < -0.4 is 15.3 Å². The van der Waals surface area contributed by atoms with Gasteiger partial charge in [-0.05, 0) is 49.6 Å². The van der Waals surface area contributed by atoms with Crippen LogP contribution in [0, 0.1) is 6.92 Å². The average Bonchev–Trinajstić information content (AvgIpc) is 2.82. The molecule has 0 bridgehead atoms. The number of esters is 1. The fourth-order valence-electron chi connectivity index (χ4n) is 4.28. The van der Waals surface area contributed by atoms with Crippen LogP contribution in [0.15, 0.2) is 63.8 Å². The fourth-order valence-corrected chi connectivity index (χ4v) is 4.28. The average molecular weight is 450 g/mol. The number of carbonyl (C=O) groups excluding carboxylic acids is 2. The highest BCUT2D eigenvalue weighted by molar-refractivity contribution is 5.95. The molecule has 0 spiro atoms. The van der Waals surface area contributed by atoms with Crippen LogP contribution in [0.25, 0.3) is 11.0 Å². The zero-order chi connectivity index (χ0) is 23.2. The Labute approximate surface area is 191 Å². The molecule has 7 nitrogen and oxygen atoms in total. The van der Waals surface area contributed by atoms with E-state index in [1.807, 2.05) is 37.3 Å². The first-order chi connectivity index (χ1) is 16.0. The molecule has 1 aromatic heterocycles. The molecule has 0 radical (unpaired) electrons. The third-order valence-corrected chi connectivity index (χ3v) is 5.88. The van der Waals surface area contributed by atoms with E-state index in [-0.39, 0.29) is 25.2 Å². The lowest BCUT2D eigenvalue weighted by Gasteiger charge is -2.34.